The molecule has 0 aliphatic heterocycles. The maximum atomic E-state index is 11.2. The van der Waals surface area contributed by atoms with Crippen molar-refractivity contribution in [3.05, 3.63) is 45.5 Å². The van der Waals surface area contributed by atoms with E-state index < -0.39 is 16.6 Å². The minimum atomic E-state index is -1.97. The van der Waals surface area contributed by atoms with E-state index >= 15 is 0 Å². The van der Waals surface area contributed by atoms with Crippen LogP contribution in [0.5, 0.6) is 0 Å². The first-order valence-corrected chi connectivity index (χ1v) is 5.47. The topological polar surface area (TPSA) is 89.7 Å². The van der Waals surface area contributed by atoms with Gasteiger partial charge in [0.25, 0.3) is 0 Å². The summed E-state index contributed by atoms with van der Waals surface area (Å²) in [6.45, 7) is 1.55. The number of carbonyl (C=O) groups excluding carboxylic acids is 1. The minimum absolute atomic E-state index is 0.0127. The Balaban J connectivity index is 2.87. The van der Waals surface area contributed by atoms with E-state index in [-0.39, 0.29) is 12.8 Å². The molecule has 1 unspecified atom stereocenters. The Morgan fingerprint density at radius 1 is 1.44 bits per heavy atom. The van der Waals surface area contributed by atoms with Crippen molar-refractivity contribution in [2.24, 2.45) is 0 Å². The van der Waals surface area contributed by atoms with Crippen LogP contribution in [0.15, 0.2) is 24.3 Å². The van der Waals surface area contributed by atoms with Crippen LogP contribution in [0, 0.1) is 10.1 Å². The molecule has 0 aliphatic carbocycles. The van der Waals surface area contributed by atoms with Crippen molar-refractivity contribution in [1.82, 2.24) is 0 Å². The maximum absolute atomic E-state index is 11.2. The van der Waals surface area contributed by atoms with Crippen molar-refractivity contribution < 1.29 is 19.6 Å². The summed E-state index contributed by atoms with van der Waals surface area (Å²) < 4.78 is 4.54. The Kier molecular flexibility index (Phi) is 4.38. The summed E-state index contributed by atoms with van der Waals surface area (Å²) in [5, 5.41) is 20.5. The van der Waals surface area contributed by atoms with E-state index in [9.17, 15) is 20.0 Å². The lowest BCUT2D eigenvalue weighted by atomic mass is 10.00. The second-order valence-electron chi connectivity index (χ2n) is 3.96. The lowest BCUT2D eigenvalue weighted by Crippen LogP contribution is -2.39. The molecule has 0 saturated heterocycles. The van der Waals surface area contributed by atoms with Gasteiger partial charge < -0.3 is 9.84 Å². The van der Waals surface area contributed by atoms with Gasteiger partial charge in [-0.2, -0.15) is 0 Å². The Hall–Kier alpha value is -1.95. The highest BCUT2D eigenvalue weighted by molar-refractivity contribution is 5.89. The van der Waals surface area contributed by atoms with Crippen LogP contribution in [0.1, 0.15) is 29.3 Å². The summed E-state index contributed by atoms with van der Waals surface area (Å²) in [6.07, 6.45) is -0.0866. The molecular weight excluding hydrogens is 238 g/mol. The third-order valence-corrected chi connectivity index (χ3v) is 2.77. The van der Waals surface area contributed by atoms with E-state index in [2.05, 4.69) is 4.74 Å². The molecule has 98 valence electrons. The Bertz CT molecular complexity index is 442. The van der Waals surface area contributed by atoms with Crippen molar-refractivity contribution in [2.45, 2.75) is 25.5 Å². The number of methoxy groups -OCH3 is 1. The fourth-order valence-electron chi connectivity index (χ4n) is 1.52. The SMILES string of the molecule is CCC(O)(Cc1ccc(C(=O)OC)cc1)[N+](=O)[O-]. The van der Waals surface area contributed by atoms with Gasteiger partial charge in [0.1, 0.15) is 0 Å². The van der Waals surface area contributed by atoms with Crippen molar-refractivity contribution in [3.8, 4) is 0 Å². The molecule has 0 fully saturated rings. The van der Waals surface area contributed by atoms with Gasteiger partial charge in [0.15, 0.2) is 0 Å². The van der Waals surface area contributed by atoms with Crippen molar-refractivity contribution >= 4 is 5.97 Å². The number of carbonyl (C=O) groups is 1. The van der Waals surface area contributed by atoms with E-state index in [1.54, 1.807) is 19.1 Å². The number of esters is 1. The zero-order valence-corrected chi connectivity index (χ0v) is 10.3. The summed E-state index contributed by atoms with van der Waals surface area (Å²) in [5.41, 5.74) is -1.02. The molecule has 0 aromatic heterocycles. The predicted molar refractivity (Wildman–Crippen MR) is 63.7 cm³/mol. The number of hydrogen-bond donors (Lipinski definition) is 1. The number of ether oxygens (including phenoxy) is 1. The van der Waals surface area contributed by atoms with Crippen LogP contribution in [-0.2, 0) is 11.2 Å². The normalized spacial score (nSPS) is 13.7. The van der Waals surface area contributed by atoms with Gasteiger partial charge >= 0.3 is 11.7 Å². The van der Waals surface area contributed by atoms with Crippen molar-refractivity contribution in [1.29, 1.82) is 0 Å². The van der Waals surface area contributed by atoms with Crippen LogP contribution in [0.2, 0.25) is 0 Å². The molecule has 0 bridgehead atoms. The second-order valence-corrected chi connectivity index (χ2v) is 3.96. The first-order chi connectivity index (χ1) is 8.42. The zero-order chi connectivity index (χ0) is 13.8. The third kappa shape index (κ3) is 3.04. The molecule has 0 spiro atoms. The van der Waals surface area contributed by atoms with Gasteiger partial charge in [0.05, 0.1) is 24.0 Å². The molecule has 0 saturated carbocycles. The largest absolute Gasteiger partial charge is 0.465 e. The highest BCUT2D eigenvalue weighted by Gasteiger charge is 2.38. The number of nitrogens with zero attached hydrogens (tertiary/aromatic N) is 1. The van der Waals surface area contributed by atoms with Crippen molar-refractivity contribution in [3.63, 3.8) is 0 Å². The summed E-state index contributed by atoms with van der Waals surface area (Å²) in [7, 11) is 1.28. The number of rotatable bonds is 5. The number of benzene rings is 1. The first-order valence-electron chi connectivity index (χ1n) is 5.47. The van der Waals surface area contributed by atoms with E-state index in [4.69, 9.17) is 0 Å². The van der Waals surface area contributed by atoms with Crippen LogP contribution < -0.4 is 0 Å². The molecule has 0 radical (unpaired) electrons. The van der Waals surface area contributed by atoms with Crippen LogP contribution >= 0.6 is 0 Å². The zero-order valence-electron chi connectivity index (χ0n) is 10.3. The summed E-state index contributed by atoms with van der Waals surface area (Å²) in [5.74, 6) is -0.471. The van der Waals surface area contributed by atoms with Gasteiger partial charge in [0, 0.05) is 6.42 Å². The molecule has 6 nitrogen and oxygen atoms in total. The molecule has 1 rings (SSSR count). The molecule has 18 heavy (non-hydrogen) atoms. The lowest BCUT2D eigenvalue weighted by Gasteiger charge is -2.17. The van der Waals surface area contributed by atoms with Gasteiger partial charge in [0.2, 0.25) is 0 Å². The average molecular weight is 253 g/mol. The van der Waals surface area contributed by atoms with Gasteiger partial charge in [-0.15, -0.1) is 0 Å². The van der Waals surface area contributed by atoms with Crippen LogP contribution in [0.4, 0.5) is 0 Å². The van der Waals surface area contributed by atoms with Crippen molar-refractivity contribution in [2.75, 3.05) is 7.11 Å². The highest BCUT2D eigenvalue weighted by Crippen LogP contribution is 2.18. The Morgan fingerprint density at radius 2 is 2.00 bits per heavy atom. The first kappa shape index (κ1) is 14.1. The summed E-state index contributed by atoms with van der Waals surface area (Å²) in [4.78, 5) is 21.3. The second kappa shape index (κ2) is 5.59. The summed E-state index contributed by atoms with van der Waals surface area (Å²) in [6, 6.07) is 6.15. The molecule has 1 atom stereocenters. The minimum Gasteiger partial charge on any atom is -0.465 e. The van der Waals surface area contributed by atoms with E-state index in [0.29, 0.717) is 11.1 Å². The molecule has 6 heteroatoms. The van der Waals surface area contributed by atoms with Gasteiger partial charge in [-0.05, 0) is 17.7 Å². The molecular formula is C12H15NO5. The quantitative estimate of drug-likeness (QED) is 0.370. The highest BCUT2D eigenvalue weighted by atomic mass is 16.7. The van der Waals surface area contributed by atoms with E-state index in [1.165, 1.54) is 19.2 Å². The fourth-order valence-corrected chi connectivity index (χ4v) is 1.52. The molecule has 1 N–H and O–H groups in total. The Morgan fingerprint density at radius 3 is 2.39 bits per heavy atom. The smallest absolute Gasteiger partial charge is 0.337 e. The molecule has 1 aromatic carbocycles. The monoisotopic (exact) mass is 253 g/mol. The molecule has 0 amide bonds. The third-order valence-electron chi connectivity index (χ3n) is 2.77. The predicted octanol–water partition coefficient (Wildman–Crippen LogP) is 1.39. The average Bonchev–Trinajstić information content (AvgIpc) is 2.38. The Labute approximate surface area is 104 Å². The van der Waals surface area contributed by atoms with Crippen LogP contribution in [-0.4, -0.2) is 28.8 Å². The number of hydrogen-bond acceptors (Lipinski definition) is 5. The molecule has 0 aliphatic rings. The molecule has 0 heterocycles. The van der Waals surface area contributed by atoms with E-state index in [0.717, 1.165) is 0 Å². The number of nitro groups is 1. The summed E-state index contributed by atoms with van der Waals surface area (Å²) >= 11 is 0. The maximum Gasteiger partial charge on any atom is 0.337 e. The fraction of sp³-hybridized carbons (Fsp3) is 0.417. The van der Waals surface area contributed by atoms with Crippen LogP contribution in [0.3, 0.4) is 0 Å². The van der Waals surface area contributed by atoms with Gasteiger partial charge in [-0.3, -0.25) is 10.1 Å². The van der Waals surface area contributed by atoms with Gasteiger partial charge in [-0.1, -0.05) is 19.1 Å². The van der Waals surface area contributed by atoms with Crippen LogP contribution in [0.25, 0.3) is 0 Å². The van der Waals surface area contributed by atoms with Gasteiger partial charge in [-0.25, -0.2) is 4.79 Å². The standard InChI is InChI=1S/C12H15NO5/c1-3-12(15,13(16)17)8-9-4-6-10(7-5-9)11(14)18-2/h4-7,15H,3,8H2,1-2H3. The lowest BCUT2D eigenvalue weighted by molar-refractivity contribution is -0.625. The number of aliphatic hydroxyl groups is 1. The van der Waals surface area contributed by atoms with E-state index in [1.807, 2.05) is 0 Å². The molecule has 1 aromatic rings.